The summed E-state index contributed by atoms with van der Waals surface area (Å²) < 4.78 is 10.1. The summed E-state index contributed by atoms with van der Waals surface area (Å²) in [5, 5.41) is 8.40. The van der Waals surface area contributed by atoms with E-state index in [0.717, 1.165) is 0 Å². The first-order valence-electron chi connectivity index (χ1n) is 3.82. The molecule has 1 aliphatic heterocycles. The predicted molar refractivity (Wildman–Crippen MR) is 51.7 cm³/mol. The number of hydrogen-bond acceptors (Lipinski definition) is 3. The van der Waals surface area contributed by atoms with E-state index < -0.39 is 23.1 Å². The number of aliphatic hydroxyl groups is 1. The van der Waals surface area contributed by atoms with Gasteiger partial charge in [-0.15, -0.1) is 34.8 Å². The van der Waals surface area contributed by atoms with E-state index >= 15 is 0 Å². The van der Waals surface area contributed by atoms with Gasteiger partial charge in [0.15, 0.2) is 6.29 Å². The lowest BCUT2D eigenvalue weighted by Crippen LogP contribution is -2.54. The van der Waals surface area contributed by atoms with Crippen molar-refractivity contribution in [1.82, 2.24) is 0 Å². The lowest BCUT2D eigenvalue weighted by molar-refractivity contribution is -0.220. The number of rotatable bonds is 2. The molecule has 3 nitrogen and oxygen atoms in total. The fraction of sp³-hybridized carbons (Fsp3) is 1.00. The van der Waals surface area contributed by atoms with Crippen molar-refractivity contribution in [3.63, 3.8) is 0 Å². The zero-order valence-corrected chi connectivity index (χ0v) is 9.26. The highest BCUT2D eigenvalue weighted by Crippen LogP contribution is 2.29. The van der Waals surface area contributed by atoms with Gasteiger partial charge >= 0.3 is 0 Å². The number of halogens is 3. The van der Waals surface area contributed by atoms with Crippen LogP contribution in [0, 0.1) is 0 Å². The predicted octanol–water partition coefficient (Wildman–Crippen LogP) is 1.17. The van der Waals surface area contributed by atoms with E-state index in [-0.39, 0.29) is 12.0 Å². The summed E-state index contributed by atoms with van der Waals surface area (Å²) >= 11 is 17.4. The highest BCUT2D eigenvalue weighted by molar-refractivity contribution is 6.31. The Morgan fingerprint density at radius 2 is 2.00 bits per heavy atom. The van der Waals surface area contributed by atoms with Gasteiger partial charge in [-0.2, -0.15) is 0 Å². The second kappa shape index (κ2) is 5.01. The third-order valence-corrected chi connectivity index (χ3v) is 3.47. The number of ether oxygens (including phenoxy) is 2. The molecule has 1 heterocycles. The van der Waals surface area contributed by atoms with Gasteiger partial charge in [0.1, 0.15) is 6.10 Å². The fourth-order valence-electron chi connectivity index (χ4n) is 1.19. The largest absolute Gasteiger partial charge is 0.386 e. The second-order valence-electron chi connectivity index (χ2n) is 2.81. The van der Waals surface area contributed by atoms with Gasteiger partial charge in [0, 0.05) is 7.11 Å². The van der Waals surface area contributed by atoms with Crippen LogP contribution in [-0.4, -0.2) is 47.3 Å². The van der Waals surface area contributed by atoms with Gasteiger partial charge in [-0.3, -0.25) is 0 Å². The molecule has 0 aromatic heterocycles. The number of aliphatic hydroxyl groups excluding tert-OH is 1. The molecule has 1 aliphatic rings. The van der Waals surface area contributed by atoms with Crippen LogP contribution in [0.15, 0.2) is 0 Å². The minimum absolute atomic E-state index is 0.226. The van der Waals surface area contributed by atoms with Crippen molar-refractivity contribution in [3.05, 3.63) is 0 Å². The van der Waals surface area contributed by atoms with Crippen molar-refractivity contribution in [2.24, 2.45) is 0 Å². The molecule has 0 aromatic carbocycles. The van der Waals surface area contributed by atoms with Crippen LogP contribution in [0.25, 0.3) is 0 Å². The van der Waals surface area contributed by atoms with Crippen LogP contribution >= 0.6 is 34.8 Å². The quantitative estimate of drug-likeness (QED) is 0.747. The highest BCUT2D eigenvalue weighted by atomic mass is 35.5. The van der Waals surface area contributed by atoms with Gasteiger partial charge < -0.3 is 14.6 Å². The van der Waals surface area contributed by atoms with Crippen LogP contribution in [0.2, 0.25) is 0 Å². The molecule has 78 valence electrons. The minimum Gasteiger partial charge on any atom is -0.386 e. The average molecular weight is 250 g/mol. The van der Waals surface area contributed by atoms with Crippen molar-refractivity contribution in [1.29, 1.82) is 0 Å². The molecule has 13 heavy (non-hydrogen) atoms. The van der Waals surface area contributed by atoms with E-state index in [4.69, 9.17) is 44.3 Å². The Morgan fingerprint density at radius 1 is 1.38 bits per heavy atom. The molecular formula is C7H11Cl3O3. The van der Waals surface area contributed by atoms with Gasteiger partial charge in [-0.25, -0.2) is 0 Å². The molecule has 1 saturated heterocycles. The number of hydrogen-bond donors (Lipinski definition) is 1. The molecule has 0 amide bonds. The fourth-order valence-corrected chi connectivity index (χ4v) is 2.12. The van der Waals surface area contributed by atoms with Crippen LogP contribution < -0.4 is 0 Å². The molecular weight excluding hydrogens is 238 g/mol. The van der Waals surface area contributed by atoms with Gasteiger partial charge in [-0.1, -0.05) is 0 Å². The molecule has 0 unspecified atom stereocenters. The molecule has 0 radical (unpaired) electrons. The van der Waals surface area contributed by atoms with Gasteiger partial charge in [-0.05, 0) is 0 Å². The molecule has 0 aliphatic carbocycles. The summed E-state index contributed by atoms with van der Waals surface area (Å²) in [5.41, 5.74) is 0. The number of methoxy groups -OCH3 is 1. The molecule has 5 atom stereocenters. The Labute approximate surface area is 91.9 Å². The lowest BCUT2D eigenvalue weighted by atomic mass is 10.1. The van der Waals surface area contributed by atoms with Crippen molar-refractivity contribution in [2.45, 2.75) is 29.3 Å². The third-order valence-electron chi connectivity index (χ3n) is 1.96. The first kappa shape index (κ1) is 11.8. The Bertz CT molecular complexity index is 149. The molecule has 1 fully saturated rings. The first-order valence-corrected chi connectivity index (χ1v) is 5.23. The molecule has 1 N–H and O–H groups in total. The smallest absolute Gasteiger partial charge is 0.185 e. The van der Waals surface area contributed by atoms with E-state index in [9.17, 15) is 5.11 Å². The average Bonchev–Trinajstić information content (AvgIpc) is 2.15. The lowest BCUT2D eigenvalue weighted by Gasteiger charge is -2.38. The zero-order chi connectivity index (χ0) is 10.0. The Morgan fingerprint density at radius 3 is 2.46 bits per heavy atom. The van der Waals surface area contributed by atoms with Crippen molar-refractivity contribution < 1.29 is 14.6 Å². The van der Waals surface area contributed by atoms with Crippen LogP contribution in [-0.2, 0) is 9.47 Å². The van der Waals surface area contributed by atoms with Crippen LogP contribution in [0.3, 0.4) is 0 Å². The van der Waals surface area contributed by atoms with Crippen molar-refractivity contribution in [2.75, 3.05) is 13.0 Å². The standard InChI is InChI=1S/C7H11Cl3O3/c1-12-7-6(11)5(10)4(9)3(2-8)13-7/h3-7,11H,2H2,1H3/t3-,4+,5+,6-,7-/m0/s1. The van der Waals surface area contributed by atoms with Crippen LogP contribution in [0.4, 0.5) is 0 Å². The molecule has 0 bridgehead atoms. The third kappa shape index (κ3) is 2.41. The summed E-state index contributed by atoms with van der Waals surface area (Å²) in [4.78, 5) is 0. The monoisotopic (exact) mass is 248 g/mol. The van der Waals surface area contributed by atoms with Crippen LogP contribution in [0.5, 0.6) is 0 Å². The molecule has 0 saturated carbocycles. The highest BCUT2D eigenvalue weighted by Gasteiger charge is 2.43. The van der Waals surface area contributed by atoms with E-state index in [0.29, 0.717) is 0 Å². The minimum atomic E-state index is -0.923. The van der Waals surface area contributed by atoms with E-state index in [1.165, 1.54) is 7.11 Å². The van der Waals surface area contributed by atoms with Crippen LogP contribution in [0.1, 0.15) is 0 Å². The Balaban J connectivity index is 2.66. The molecule has 1 rings (SSSR count). The zero-order valence-electron chi connectivity index (χ0n) is 6.99. The van der Waals surface area contributed by atoms with Crippen molar-refractivity contribution in [3.8, 4) is 0 Å². The normalized spacial score (nSPS) is 46.4. The molecule has 0 spiro atoms. The maximum Gasteiger partial charge on any atom is 0.185 e. The van der Waals surface area contributed by atoms with E-state index in [1.54, 1.807) is 0 Å². The maximum atomic E-state index is 9.51. The summed E-state index contributed by atoms with van der Waals surface area (Å²) in [7, 11) is 1.43. The summed E-state index contributed by atoms with van der Waals surface area (Å²) in [6.07, 6.45) is -2.06. The Hall–Kier alpha value is 0.750. The molecule has 6 heteroatoms. The summed E-state index contributed by atoms with van der Waals surface area (Å²) in [5.74, 6) is 0.226. The Kier molecular flexibility index (Phi) is 4.55. The van der Waals surface area contributed by atoms with E-state index in [1.807, 2.05) is 0 Å². The second-order valence-corrected chi connectivity index (χ2v) is 4.13. The van der Waals surface area contributed by atoms with Crippen molar-refractivity contribution >= 4 is 34.8 Å². The topological polar surface area (TPSA) is 38.7 Å². The summed E-state index contributed by atoms with van der Waals surface area (Å²) in [6, 6.07) is 0. The van der Waals surface area contributed by atoms with E-state index in [2.05, 4.69) is 0 Å². The molecule has 0 aromatic rings. The first-order chi connectivity index (χ1) is 6.11. The number of alkyl halides is 3. The van der Waals surface area contributed by atoms with Gasteiger partial charge in [0.25, 0.3) is 0 Å². The maximum absolute atomic E-state index is 9.51. The van der Waals surface area contributed by atoms with Gasteiger partial charge in [0.2, 0.25) is 0 Å². The summed E-state index contributed by atoms with van der Waals surface area (Å²) in [6.45, 7) is 0. The van der Waals surface area contributed by atoms with Gasteiger partial charge in [0.05, 0.1) is 22.7 Å². The SMILES string of the molecule is CO[C@H]1O[C@@H](CCl)[C@@H](Cl)[C@@H](Cl)[C@@H]1O.